The minimum absolute atomic E-state index is 0.140. The molecule has 0 radical (unpaired) electrons. The molecule has 0 aliphatic carbocycles. The number of aromatic carboxylic acids is 1. The third-order valence-corrected chi connectivity index (χ3v) is 1.89. The number of aryl methyl sites for hydroxylation is 1. The summed E-state index contributed by atoms with van der Waals surface area (Å²) in [6.07, 6.45) is 0. The number of rotatable bonds is 1. The summed E-state index contributed by atoms with van der Waals surface area (Å²) in [5.74, 6) is 0.247. The molecular formula is C10H14O3. The predicted molar refractivity (Wildman–Crippen MR) is 49.1 cm³/mol. The van der Waals surface area contributed by atoms with Crippen LogP contribution in [0.5, 0.6) is 0 Å². The second kappa shape index (κ2) is 2.91. The van der Waals surface area contributed by atoms with Gasteiger partial charge in [0, 0.05) is 5.41 Å². The third kappa shape index (κ3) is 1.91. The maximum absolute atomic E-state index is 10.7. The van der Waals surface area contributed by atoms with E-state index in [2.05, 4.69) is 0 Å². The van der Waals surface area contributed by atoms with Gasteiger partial charge in [0.2, 0.25) is 0 Å². The summed E-state index contributed by atoms with van der Waals surface area (Å²) in [5.41, 5.74) is 0.114. The molecule has 0 unspecified atom stereocenters. The van der Waals surface area contributed by atoms with Crippen molar-refractivity contribution in [3.8, 4) is 0 Å². The zero-order valence-corrected chi connectivity index (χ0v) is 8.34. The molecule has 0 fully saturated rings. The molecule has 3 nitrogen and oxygen atoms in total. The van der Waals surface area contributed by atoms with Gasteiger partial charge in [-0.1, -0.05) is 20.8 Å². The van der Waals surface area contributed by atoms with Crippen LogP contribution in [0.4, 0.5) is 0 Å². The Morgan fingerprint density at radius 3 is 2.23 bits per heavy atom. The number of carboxylic acid groups (broad SMARTS) is 1. The number of hydrogen-bond acceptors (Lipinski definition) is 2. The lowest BCUT2D eigenvalue weighted by Crippen LogP contribution is -2.09. The standard InChI is InChI=1S/C10H14O3/c1-6-7(9(11)12)5-8(13-6)10(2,3)4/h5H,1-4H3,(H,11,12)/i9+1. The van der Waals surface area contributed by atoms with Crippen molar-refractivity contribution in [2.75, 3.05) is 0 Å². The summed E-state index contributed by atoms with van der Waals surface area (Å²) in [6.45, 7) is 7.61. The smallest absolute Gasteiger partial charge is 0.339 e. The fourth-order valence-corrected chi connectivity index (χ4v) is 1.06. The number of carboxylic acids is 1. The molecule has 0 spiro atoms. The van der Waals surface area contributed by atoms with Crippen LogP contribution >= 0.6 is 0 Å². The monoisotopic (exact) mass is 183 g/mol. The van der Waals surface area contributed by atoms with Gasteiger partial charge in [0.25, 0.3) is 0 Å². The fourth-order valence-electron chi connectivity index (χ4n) is 1.06. The molecule has 0 saturated carbocycles. The van der Waals surface area contributed by atoms with Gasteiger partial charge >= 0.3 is 5.97 Å². The Bertz CT molecular complexity index is 328. The first-order valence-electron chi connectivity index (χ1n) is 4.16. The molecule has 13 heavy (non-hydrogen) atoms. The molecule has 1 aromatic heterocycles. The van der Waals surface area contributed by atoms with E-state index in [-0.39, 0.29) is 11.0 Å². The van der Waals surface area contributed by atoms with Crippen LogP contribution in [0.3, 0.4) is 0 Å². The first kappa shape index (κ1) is 9.84. The van der Waals surface area contributed by atoms with Crippen molar-refractivity contribution in [3.63, 3.8) is 0 Å². The average molecular weight is 183 g/mol. The van der Waals surface area contributed by atoms with E-state index in [0.29, 0.717) is 11.5 Å². The first-order chi connectivity index (χ1) is 5.82. The molecule has 0 atom stereocenters. The van der Waals surface area contributed by atoms with E-state index in [0.717, 1.165) is 0 Å². The summed E-state index contributed by atoms with van der Waals surface area (Å²) in [4.78, 5) is 10.7. The van der Waals surface area contributed by atoms with E-state index in [1.807, 2.05) is 20.8 Å². The molecule has 1 heterocycles. The number of hydrogen-bond donors (Lipinski definition) is 1. The highest BCUT2D eigenvalue weighted by atomic mass is 16.5. The molecular weight excluding hydrogens is 169 g/mol. The quantitative estimate of drug-likeness (QED) is 0.681. The van der Waals surface area contributed by atoms with E-state index in [4.69, 9.17) is 9.52 Å². The predicted octanol–water partition coefficient (Wildman–Crippen LogP) is 2.58. The van der Waals surface area contributed by atoms with Crippen molar-refractivity contribution >= 4 is 5.97 Å². The Kier molecular flexibility index (Phi) is 2.20. The van der Waals surface area contributed by atoms with Gasteiger partial charge < -0.3 is 9.52 Å². The van der Waals surface area contributed by atoms with Crippen LogP contribution in [-0.2, 0) is 5.41 Å². The van der Waals surface area contributed by atoms with Gasteiger partial charge in [0.1, 0.15) is 17.1 Å². The summed E-state index contributed by atoms with van der Waals surface area (Å²) in [6, 6.07) is 1.59. The van der Waals surface area contributed by atoms with Crippen LogP contribution in [0, 0.1) is 6.92 Å². The number of furan rings is 1. The van der Waals surface area contributed by atoms with Crippen LogP contribution in [0.2, 0.25) is 0 Å². The van der Waals surface area contributed by atoms with Gasteiger partial charge in [0.05, 0.1) is 0 Å². The van der Waals surface area contributed by atoms with Gasteiger partial charge in [-0.2, -0.15) is 0 Å². The minimum Gasteiger partial charge on any atom is -0.478 e. The Morgan fingerprint density at radius 2 is 2.00 bits per heavy atom. The Balaban J connectivity index is 3.17. The van der Waals surface area contributed by atoms with Crippen molar-refractivity contribution in [3.05, 3.63) is 23.2 Å². The Hall–Kier alpha value is -1.25. The van der Waals surface area contributed by atoms with E-state index in [1.165, 1.54) is 0 Å². The largest absolute Gasteiger partial charge is 0.478 e. The molecule has 0 saturated heterocycles. The lowest BCUT2D eigenvalue weighted by Gasteiger charge is -2.13. The maximum atomic E-state index is 10.7. The van der Waals surface area contributed by atoms with E-state index in [9.17, 15) is 4.79 Å². The van der Waals surface area contributed by atoms with Crippen LogP contribution in [0.25, 0.3) is 0 Å². The highest BCUT2D eigenvalue weighted by Crippen LogP contribution is 2.26. The molecule has 0 amide bonds. The van der Waals surface area contributed by atoms with Crippen molar-refractivity contribution in [1.29, 1.82) is 0 Å². The average Bonchev–Trinajstić information content (AvgIpc) is 2.29. The molecule has 0 aliphatic heterocycles. The normalized spacial score (nSPS) is 11.7. The van der Waals surface area contributed by atoms with Crippen LogP contribution < -0.4 is 0 Å². The fraction of sp³-hybridized carbons (Fsp3) is 0.500. The van der Waals surface area contributed by atoms with E-state index >= 15 is 0 Å². The zero-order valence-electron chi connectivity index (χ0n) is 8.34. The van der Waals surface area contributed by atoms with Crippen LogP contribution in [-0.4, -0.2) is 11.1 Å². The van der Waals surface area contributed by atoms with Gasteiger partial charge in [-0.3, -0.25) is 0 Å². The summed E-state index contributed by atoms with van der Waals surface area (Å²) in [5, 5.41) is 8.78. The first-order valence-corrected chi connectivity index (χ1v) is 4.16. The van der Waals surface area contributed by atoms with Crippen LogP contribution in [0.1, 0.15) is 42.6 Å². The van der Waals surface area contributed by atoms with Crippen LogP contribution in [0.15, 0.2) is 10.5 Å². The molecule has 0 aromatic carbocycles. The molecule has 72 valence electrons. The van der Waals surface area contributed by atoms with E-state index in [1.54, 1.807) is 13.0 Å². The van der Waals surface area contributed by atoms with Gasteiger partial charge in [0.15, 0.2) is 0 Å². The second-order valence-electron chi connectivity index (χ2n) is 4.14. The molecule has 1 rings (SSSR count). The topological polar surface area (TPSA) is 50.4 Å². The minimum atomic E-state index is -0.934. The van der Waals surface area contributed by atoms with Gasteiger partial charge in [-0.15, -0.1) is 0 Å². The lowest BCUT2D eigenvalue weighted by molar-refractivity contribution is 0.0695. The summed E-state index contributed by atoms with van der Waals surface area (Å²) < 4.78 is 5.36. The second-order valence-corrected chi connectivity index (χ2v) is 4.14. The van der Waals surface area contributed by atoms with Crippen molar-refractivity contribution in [1.82, 2.24) is 0 Å². The molecule has 1 aromatic rings. The molecule has 0 bridgehead atoms. The van der Waals surface area contributed by atoms with Crippen molar-refractivity contribution in [2.45, 2.75) is 33.1 Å². The summed E-state index contributed by atoms with van der Waals surface area (Å²) in [7, 11) is 0. The highest BCUT2D eigenvalue weighted by molar-refractivity contribution is 5.88. The highest BCUT2D eigenvalue weighted by Gasteiger charge is 2.22. The zero-order chi connectivity index (χ0) is 10.2. The number of carbonyl (C=O) groups is 1. The summed E-state index contributed by atoms with van der Waals surface area (Å²) >= 11 is 0. The van der Waals surface area contributed by atoms with Crippen molar-refractivity contribution < 1.29 is 14.3 Å². The maximum Gasteiger partial charge on any atom is 0.339 e. The van der Waals surface area contributed by atoms with Gasteiger partial charge in [-0.05, 0) is 13.0 Å². The molecule has 0 aliphatic rings. The Labute approximate surface area is 77.4 Å². The third-order valence-electron chi connectivity index (χ3n) is 1.89. The molecule has 3 heteroatoms. The SMILES string of the molecule is Cc1oc(C(C)(C)C)cc1[13C](=O)O. The van der Waals surface area contributed by atoms with E-state index < -0.39 is 5.97 Å². The Morgan fingerprint density at radius 1 is 1.46 bits per heavy atom. The van der Waals surface area contributed by atoms with Crippen molar-refractivity contribution in [2.24, 2.45) is 0 Å². The van der Waals surface area contributed by atoms with Gasteiger partial charge in [-0.25, -0.2) is 4.79 Å². The lowest BCUT2D eigenvalue weighted by atomic mass is 9.93. The molecule has 1 N–H and O–H groups in total.